The number of hydroxylamine groups is 4. The van der Waals surface area contributed by atoms with Gasteiger partial charge in [-0.1, -0.05) is 26.7 Å². The Hall–Kier alpha value is -0.560. The minimum Gasteiger partial charge on any atom is -0.298 e. The fourth-order valence-electron chi connectivity index (χ4n) is 6.77. The highest BCUT2D eigenvalue weighted by Crippen LogP contribution is 2.46. The van der Waals surface area contributed by atoms with Gasteiger partial charge < -0.3 is 0 Å². The summed E-state index contributed by atoms with van der Waals surface area (Å²) in [5, 5.41) is 14.6. The smallest absolute Gasteiger partial charge is 0.0824 e. The monoisotopic (exact) mass is 466 g/mol. The predicted molar refractivity (Wildman–Crippen MR) is 137 cm³/mol. The molecule has 0 unspecified atom stereocenters. The molecule has 194 valence electrons. The molecule has 0 N–H and O–H groups in total. The summed E-state index contributed by atoms with van der Waals surface area (Å²) in [6.45, 7) is 26.5. The van der Waals surface area contributed by atoms with Crippen LogP contribution in [-0.2, 0) is 9.68 Å². The van der Waals surface area contributed by atoms with Gasteiger partial charge >= 0.3 is 0 Å². The van der Waals surface area contributed by atoms with Gasteiger partial charge in [0.2, 0.25) is 0 Å². The van der Waals surface area contributed by atoms with Crippen LogP contribution in [-0.4, -0.2) is 57.1 Å². The second kappa shape index (κ2) is 10.6. The number of piperidine rings is 2. The van der Waals surface area contributed by atoms with Gasteiger partial charge in [-0.25, -0.2) is 0 Å². The minimum atomic E-state index is -0.194. The van der Waals surface area contributed by atoms with E-state index in [1.165, 1.54) is 0 Å². The van der Waals surface area contributed by atoms with Gasteiger partial charge in [0.05, 0.1) is 24.8 Å². The molecule has 6 heteroatoms. The zero-order valence-corrected chi connectivity index (χ0v) is 23.8. The lowest BCUT2D eigenvalue weighted by molar-refractivity contribution is -0.289. The lowest BCUT2D eigenvalue weighted by atomic mass is 9.72. The summed E-state index contributed by atoms with van der Waals surface area (Å²) in [5.41, 5.74) is -0.540. The van der Waals surface area contributed by atoms with E-state index >= 15 is 0 Å². The van der Waals surface area contributed by atoms with Gasteiger partial charge in [-0.05, 0) is 101 Å². The largest absolute Gasteiger partial charge is 0.298 e. The van der Waals surface area contributed by atoms with Gasteiger partial charge in [0.1, 0.15) is 0 Å². The van der Waals surface area contributed by atoms with Crippen molar-refractivity contribution in [1.82, 2.24) is 10.1 Å². The molecule has 0 atom stereocenters. The van der Waals surface area contributed by atoms with E-state index in [2.05, 4.69) is 86.3 Å². The van der Waals surface area contributed by atoms with Crippen molar-refractivity contribution in [1.29, 1.82) is 0 Å². The molecule has 0 bridgehead atoms. The average molecular weight is 467 g/mol. The highest BCUT2D eigenvalue weighted by Gasteiger charge is 2.52. The van der Waals surface area contributed by atoms with E-state index in [0.717, 1.165) is 64.6 Å². The van der Waals surface area contributed by atoms with Crippen molar-refractivity contribution in [3.05, 3.63) is 0 Å². The van der Waals surface area contributed by atoms with Crippen LogP contribution in [0.4, 0.5) is 0 Å². The summed E-state index contributed by atoms with van der Waals surface area (Å²) in [6.07, 6.45) is 8.27. The van der Waals surface area contributed by atoms with Gasteiger partial charge in [-0.15, -0.1) is 0 Å². The molecule has 2 rings (SSSR count). The Bertz CT molecular complexity index is 621. The van der Waals surface area contributed by atoms with Gasteiger partial charge in [0, 0.05) is 22.2 Å². The number of nitrogens with zero attached hydrogens (tertiary/aromatic N) is 4. The van der Waals surface area contributed by atoms with Crippen LogP contribution in [0.5, 0.6) is 0 Å². The zero-order valence-electron chi connectivity index (χ0n) is 23.8. The van der Waals surface area contributed by atoms with Crippen LogP contribution < -0.4 is 0 Å². The van der Waals surface area contributed by atoms with Crippen molar-refractivity contribution in [2.75, 3.05) is 13.2 Å². The number of azo groups is 1. The predicted octanol–water partition coefficient (Wildman–Crippen LogP) is 7.34. The zero-order chi connectivity index (χ0) is 25.1. The van der Waals surface area contributed by atoms with Crippen molar-refractivity contribution < 1.29 is 9.68 Å². The highest BCUT2D eigenvalue weighted by molar-refractivity contribution is 5.06. The Kier molecular flexibility index (Phi) is 9.21. The molecule has 0 aliphatic carbocycles. The van der Waals surface area contributed by atoms with Crippen LogP contribution in [0.15, 0.2) is 10.2 Å². The first-order chi connectivity index (χ1) is 15.1. The van der Waals surface area contributed by atoms with E-state index in [0.29, 0.717) is 0 Å². The Morgan fingerprint density at radius 1 is 0.667 bits per heavy atom. The number of unbranched alkanes of at least 4 members (excludes halogenated alkanes) is 2. The van der Waals surface area contributed by atoms with Gasteiger partial charge in [-0.3, -0.25) is 9.68 Å². The number of hydrogen-bond donors (Lipinski definition) is 0. The molecule has 2 heterocycles. The summed E-state index contributed by atoms with van der Waals surface area (Å²) in [4.78, 5) is 12.6. The first-order valence-electron chi connectivity index (χ1n) is 13.4. The Morgan fingerprint density at radius 3 is 1.45 bits per heavy atom. The van der Waals surface area contributed by atoms with E-state index in [1.807, 2.05) is 0 Å². The summed E-state index contributed by atoms with van der Waals surface area (Å²) in [7, 11) is 0. The molecule has 0 aromatic heterocycles. The standard InChI is InChI=1S/C27H54N4O2/c1-12-14-16-32-30-23(3,4)18-22(19-24(30,5)6)28-29-27(11)20-25(7,8)31(26(9,10)21-27)33-17-15-13-2/h22H,12-21H2,1-11H3/b29-28-. The normalized spacial score (nSPS) is 27.2. The third-order valence-corrected chi connectivity index (χ3v) is 7.20. The summed E-state index contributed by atoms with van der Waals surface area (Å²) < 4.78 is 0. The Morgan fingerprint density at radius 2 is 1.06 bits per heavy atom. The molecule has 0 aromatic carbocycles. The van der Waals surface area contributed by atoms with Crippen LogP contribution in [0.25, 0.3) is 0 Å². The maximum atomic E-state index is 6.29. The van der Waals surface area contributed by atoms with E-state index in [9.17, 15) is 0 Å². The third kappa shape index (κ3) is 7.22. The molecule has 2 aliphatic heterocycles. The maximum absolute atomic E-state index is 6.29. The molecule has 2 aliphatic rings. The fraction of sp³-hybridized carbons (Fsp3) is 1.00. The van der Waals surface area contributed by atoms with Crippen LogP contribution in [0, 0.1) is 0 Å². The van der Waals surface area contributed by atoms with E-state index in [4.69, 9.17) is 19.9 Å². The minimum absolute atomic E-state index is 0.0743. The summed E-state index contributed by atoms with van der Waals surface area (Å²) >= 11 is 0. The lowest BCUT2D eigenvalue weighted by Crippen LogP contribution is -2.64. The first kappa shape index (κ1) is 28.7. The third-order valence-electron chi connectivity index (χ3n) is 7.20. The van der Waals surface area contributed by atoms with Crippen molar-refractivity contribution in [3.8, 4) is 0 Å². The molecule has 0 spiro atoms. The van der Waals surface area contributed by atoms with Crippen molar-refractivity contribution in [2.24, 2.45) is 10.2 Å². The molecule has 0 amide bonds. The van der Waals surface area contributed by atoms with Crippen molar-refractivity contribution in [2.45, 2.75) is 161 Å². The van der Waals surface area contributed by atoms with Gasteiger partial charge in [-0.2, -0.15) is 20.4 Å². The molecule has 0 radical (unpaired) electrons. The first-order valence-corrected chi connectivity index (χ1v) is 13.4. The molecule has 2 saturated heterocycles. The van der Waals surface area contributed by atoms with Crippen molar-refractivity contribution >= 4 is 0 Å². The summed E-state index contributed by atoms with van der Waals surface area (Å²) in [5.74, 6) is 0. The number of rotatable bonds is 10. The molecular formula is C27H54N4O2. The Labute approximate surface area is 204 Å². The summed E-state index contributed by atoms with van der Waals surface area (Å²) in [6, 6.07) is 0.211. The van der Waals surface area contributed by atoms with E-state index in [-0.39, 0.29) is 33.7 Å². The maximum Gasteiger partial charge on any atom is 0.0824 e. The lowest BCUT2D eigenvalue weighted by Gasteiger charge is -2.56. The SMILES string of the molecule is CCCCON1C(C)(C)CC(/N=N\C2(C)CC(C)(C)N(OCCCC)C(C)(C)C2)CC1(C)C. The average Bonchev–Trinajstić information content (AvgIpc) is 2.63. The van der Waals surface area contributed by atoms with Crippen LogP contribution in [0.2, 0.25) is 0 Å². The second-order valence-corrected chi connectivity index (χ2v) is 13.3. The van der Waals surface area contributed by atoms with Crippen LogP contribution in [0.3, 0.4) is 0 Å². The molecule has 0 aromatic rings. The molecule has 33 heavy (non-hydrogen) atoms. The van der Waals surface area contributed by atoms with Gasteiger partial charge in [0.15, 0.2) is 0 Å². The van der Waals surface area contributed by atoms with E-state index < -0.39 is 0 Å². The van der Waals surface area contributed by atoms with Crippen LogP contribution in [0.1, 0.15) is 128 Å². The van der Waals surface area contributed by atoms with Crippen molar-refractivity contribution in [3.63, 3.8) is 0 Å². The second-order valence-electron chi connectivity index (χ2n) is 13.3. The molecule has 2 fully saturated rings. The van der Waals surface area contributed by atoms with Gasteiger partial charge in [0.25, 0.3) is 0 Å². The quantitative estimate of drug-likeness (QED) is 0.250. The van der Waals surface area contributed by atoms with Crippen LogP contribution >= 0.6 is 0 Å². The number of hydrogen-bond acceptors (Lipinski definition) is 6. The fourth-order valence-corrected chi connectivity index (χ4v) is 6.77. The topological polar surface area (TPSA) is 49.7 Å². The molecule has 6 nitrogen and oxygen atoms in total. The molecule has 0 saturated carbocycles. The highest BCUT2D eigenvalue weighted by atomic mass is 16.7. The van der Waals surface area contributed by atoms with E-state index in [1.54, 1.807) is 0 Å². The Balaban J connectivity index is 2.13. The molecular weight excluding hydrogens is 412 g/mol.